The third kappa shape index (κ3) is 5.57. The van der Waals surface area contributed by atoms with Gasteiger partial charge in [-0.15, -0.1) is 0 Å². The minimum absolute atomic E-state index is 0.0942. The summed E-state index contributed by atoms with van der Waals surface area (Å²) in [6, 6.07) is 8.40. The van der Waals surface area contributed by atoms with E-state index in [0.29, 0.717) is 43.5 Å². The van der Waals surface area contributed by atoms with Gasteiger partial charge in [0.1, 0.15) is 11.6 Å². The van der Waals surface area contributed by atoms with Crippen LogP contribution in [-0.2, 0) is 14.8 Å². The molecule has 2 saturated heterocycles. The molecule has 2 aromatic carbocycles. The molecule has 11 heteroatoms. The second kappa shape index (κ2) is 11.1. The number of nitrogens with zero attached hydrogens (tertiary/aromatic N) is 3. The van der Waals surface area contributed by atoms with E-state index in [9.17, 15) is 22.4 Å². The van der Waals surface area contributed by atoms with Crippen molar-refractivity contribution in [1.82, 2.24) is 9.21 Å². The molecule has 2 aliphatic rings. The molecular weight excluding hydrogens is 501 g/mol. The zero-order chi connectivity index (χ0) is 26.7. The Morgan fingerprint density at radius 1 is 1.00 bits per heavy atom. The highest BCUT2D eigenvalue weighted by atomic mass is 32.2. The van der Waals surface area contributed by atoms with Crippen LogP contribution in [-0.4, -0.2) is 83.0 Å². The van der Waals surface area contributed by atoms with Crippen LogP contribution in [0.25, 0.3) is 0 Å². The van der Waals surface area contributed by atoms with Gasteiger partial charge in [0.2, 0.25) is 10.0 Å². The number of methoxy groups -OCH3 is 2. The van der Waals surface area contributed by atoms with Crippen molar-refractivity contribution in [2.45, 2.75) is 24.7 Å². The summed E-state index contributed by atoms with van der Waals surface area (Å²) < 4.78 is 52.8. The Labute approximate surface area is 216 Å². The van der Waals surface area contributed by atoms with Gasteiger partial charge in [0.15, 0.2) is 0 Å². The van der Waals surface area contributed by atoms with Crippen LogP contribution in [0, 0.1) is 11.7 Å². The fourth-order valence-corrected chi connectivity index (χ4v) is 6.46. The molecule has 2 heterocycles. The van der Waals surface area contributed by atoms with Gasteiger partial charge in [-0.25, -0.2) is 17.6 Å². The van der Waals surface area contributed by atoms with Gasteiger partial charge in [-0.3, -0.25) is 4.79 Å². The topological polar surface area (TPSA) is 96.5 Å². The Bertz CT molecular complexity index is 1280. The van der Waals surface area contributed by atoms with Gasteiger partial charge in [-0.2, -0.15) is 4.31 Å². The van der Waals surface area contributed by atoms with E-state index in [0.717, 1.165) is 18.9 Å². The molecule has 2 aliphatic heterocycles. The van der Waals surface area contributed by atoms with E-state index in [1.807, 2.05) is 4.90 Å². The number of carbonyl (C=O) groups is 2. The van der Waals surface area contributed by atoms with E-state index >= 15 is 0 Å². The number of piperazine rings is 1. The lowest BCUT2D eigenvalue weighted by Crippen LogP contribution is -2.49. The number of sulfonamides is 1. The van der Waals surface area contributed by atoms with Crippen LogP contribution in [0.5, 0.6) is 5.75 Å². The molecule has 0 bridgehead atoms. The molecule has 0 radical (unpaired) electrons. The second-order valence-corrected chi connectivity index (χ2v) is 11.3. The Morgan fingerprint density at radius 3 is 2.38 bits per heavy atom. The van der Waals surface area contributed by atoms with Crippen LogP contribution in [0.2, 0.25) is 0 Å². The Kier molecular flexibility index (Phi) is 8.03. The van der Waals surface area contributed by atoms with Gasteiger partial charge >= 0.3 is 5.97 Å². The van der Waals surface area contributed by atoms with Crippen molar-refractivity contribution in [3.63, 3.8) is 0 Å². The minimum atomic E-state index is -3.65. The Hall–Kier alpha value is -3.18. The SMILES string of the molecule is COC(=O)c1ccc(F)c(C(=O)N2CCN(c3cc(S(=O)(=O)N4CCCC(C)C4)ccc3OC)CC2)c1. The second-order valence-electron chi connectivity index (χ2n) is 9.41. The van der Waals surface area contributed by atoms with E-state index in [-0.39, 0.29) is 29.1 Å². The van der Waals surface area contributed by atoms with Gasteiger partial charge in [0.05, 0.1) is 35.9 Å². The summed E-state index contributed by atoms with van der Waals surface area (Å²) in [5.41, 5.74) is 0.522. The van der Waals surface area contributed by atoms with Gasteiger partial charge in [-0.1, -0.05) is 6.92 Å². The number of ether oxygens (including phenoxy) is 2. The van der Waals surface area contributed by atoms with E-state index in [2.05, 4.69) is 11.7 Å². The molecule has 0 saturated carbocycles. The van der Waals surface area contributed by atoms with Crippen LogP contribution in [0.3, 0.4) is 0 Å². The number of carbonyl (C=O) groups excluding carboxylic acids is 2. The fraction of sp³-hybridized carbons (Fsp3) is 0.462. The summed E-state index contributed by atoms with van der Waals surface area (Å²) in [7, 11) is -0.912. The molecule has 1 amide bonds. The largest absolute Gasteiger partial charge is 0.495 e. The third-order valence-electron chi connectivity index (χ3n) is 6.93. The van der Waals surface area contributed by atoms with Crippen LogP contribution in [0.15, 0.2) is 41.3 Å². The molecule has 2 fully saturated rings. The highest BCUT2D eigenvalue weighted by Crippen LogP contribution is 2.34. The summed E-state index contributed by atoms with van der Waals surface area (Å²) in [6.07, 6.45) is 1.85. The standard InChI is InChI=1S/C26H32FN3O6S/c1-18-5-4-10-30(17-18)37(33,34)20-7-9-24(35-2)23(16-20)28-11-13-29(14-12-28)25(31)21-15-19(26(32)36-3)6-8-22(21)27/h6-9,15-16,18H,4-5,10-14,17H2,1-3H3. The monoisotopic (exact) mass is 533 g/mol. The number of anilines is 1. The number of benzene rings is 2. The number of hydrogen-bond acceptors (Lipinski definition) is 7. The number of amides is 1. The molecule has 4 rings (SSSR count). The number of halogens is 1. The normalized spacial score (nSPS) is 19.0. The summed E-state index contributed by atoms with van der Waals surface area (Å²) in [5.74, 6) is -1.05. The summed E-state index contributed by atoms with van der Waals surface area (Å²) >= 11 is 0. The van der Waals surface area contributed by atoms with Crippen molar-refractivity contribution in [2.24, 2.45) is 5.92 Å². The lowest BCUT2D eigenvalue weighted by Gasteiger charge is -2.37. The molecule has 0 spiro atoms. The molecule has 200 valence electrons. The lowest BCUT2D eigenvalue weighted by atomic mass is 10.0. The fourth-order valence-electron chi connectivity index (χ4n) is 4.85. The average Bonchev–Trinajstić information content (AvgIpc) is 2.92. The minimum Gasteiger partial charge on any atom is -0.495 e. The van der Waals surface area contributed by atoms with Crippen molar-refractivity contribution in [3.05, 3.63) is 53.3 Å². The first kappa shape index (κ1) is 26.9. The number of piperidine rings is 1. The number of hydrogen-bond donors (Lipinski definition) is 0. The maximum Gasteiger partial charge on any atom is 0.337 e. The summed E-state index contributed by atoms with van der Waals surface area (Å²) in [4.78, 5) is 28.5. The summed E-state index contributed by atoms with van der Waals surface area (Å²) in [6.45, 7) is 4.41. The zero-order valence-electron chi connectivity index (χ0n) is 21.3. The molecule has 0 N–H and O–H groups in total. The molecule has 1 atom stereocenters. The highest BCUT2D eigenvalue weighted by molar-refractivity contribution is 7.89. The summed E-state index contributed by atoms with van der Waals surface area (Å²) in [5, 5.41) is 0. The highest BCUT2D eigenvalue weighted by Gasteiger charge is 2.31. The van der Waals surface area contributed by atoms with Crippen LogP contribution in [0.1, 0.15) is 40.5 Å². The molecule has 2 aromatic rings. The first-order chi connectivity index (χ1) is 17.6. The Balaban J connectivity index is 1.52. The first-order valence-corrected chi connectivity index (χ1v) is 13.7. The smallest absolute Gasteiger partial charge is 0.337 e. The van der Waals surface area contributed by atoms with Crippen molar-refractivity contribution >= 4 is 27.6 Å². The van der Waals surface area contributed by atoms with E-state index in [1.165, 1.54) is 31.3 Å². The van der Waals surface area contributed by atoms with Gasteiger partial charge in [-0.05, 0) is 55.2 Å². The van der Waals surface area contributed by atoms with Crippen molar-refractivity contribution in [1.29, 1.82) is 0 Å². The molecule has 37 heavy (non-hydrogen) atoms. The van der Waals surface area contributed by atoms with Crippen LogP contribution >= 0.6 is 0 Å². The van der Waals surface area contributed by atoms with Crippen LogP contribution in [0.4, 0.5) is 10.1 Å². The van der Waals surface area contributed by atoms with Gasteiger partial charge < -0.3 is 19.3 Å². The quantitative estimate of drug-likeness (QED) is 0.527. The van der Waals surface area contributed by atoms with Crippen molar-refractivity contribution in [2.75, 3.05) is 58.4 Å². The first-order valence-electron chi connectivity index (χ1n) is 12.3. The van der Waals surface area contributed by atoms with E-state index in [4.69, 9.17) is 4.74 Å². The van der Waals surface area contributed by atoms with Crippen molar-refractivity contribution in [3.8, 4) is 5.75 Å². The van der Waals surface area contributed by atoms with E-state index in [1.54, 1.807) is 22.5 Å². The third-order valence-corrected chi connectivity index (χ3v) is 8.79. The molecule has 1 unspecified atom stereocenters. The molecule has 0 aliphatic carbocycles. The van der Waals surface area contributed by atoms with Crippen LogP contribution < -0.4 is 9.64 Å². The maximum atomic E-state index is 14.4. The predicted octanol–water partition coefficient (Wildman–Crippen LogP) is 3.00. The number of rotatable bonds is 6. The maximum absolute atomic E-state index is 14.4. The van der Waals surface area contributed by atoms with Gasteiger partial charge in [0.25, 0.3) is 5.91 Å². The molecular formula is C26H32FN3O6S. The zero-order valence-corrected chi connectivity index (χ0v) is 22.1. The number of esters is 1. The van der Waals surface area contributed by atoms with Crippen molar-refractivity contribution < 1.29 is 31.9 Å². The molecule has 0 aromatic heterocycles. The van der Waals surface area contributed by atoms with E-state index < -0.39 is 27.7 Å². The molecule has 9 nitrogen and oxygen atoms in total. The van der Waals surface area contributed by atoms with Gasteiger partial charge in [0, 0.05) is 39.3 Å². The predicted molar refractivity (Wildman–Crippen MR) is 136 cm³/mol. The average molecular weight is 534 g/mol. The Morgan fingerprint density at radius 2 is 1.73 bits per heavy atom. The lowest BCUT2D eigenvalue weighted by molar-refractivity contribution is 0.0600.